The smallest absolute Gasteiger partial charge is 0.410 e. The number of amides is 1. The van der Waals surface area contributed by atoms with Gasteiger partial charge in [0.15, 0.2) is 0 Å². The van der Waals surface area contributed by atoms with E-state index >= 15 is 0 Å². The van der Waals surface area contributed by atoms with Crippen molar-refractivity contribution in [2.75, 3.05) is 18.8 Å². The van der Waals surface area contributed by atoms with Gasteiger partial charge >= 0.3 is 6.09 Å². The molecule has 29 heavy (non-hydrogen) atoms. The number of hydrogen-bond acceptors (Lipinski definition) is 7. The van der Waals surface area contributed by atoms with Crippen molar-refractivity contribution in [3.8, 4) is 0 Å². The summed E-state index contributed by atoms with van der Waals surface area (Å²) in [7, 11) is -3.69. The maximum Gasteiger partial charge on any atom is 0.410 e. The van der Waals surface area contributed by atoms with E-state index in [1.165, 1.54) is 18.2 Å². The predicted molar refractivity (Wildman–Crippen MR) is 105 cm³/mol. The molecule has 1 aromatic carbocycles. The Morgan fingerprint density at radius 3 is 2.59 bits per heavy atom. The van der Waals surface area contributed by atoms with Gasteiger partial charge in [0.1, 0.15) is 5.60 Å². The largest absolute Gasteiger partial charge is 0.444 e. The van der Waals surface area contributed by atoms with E-state index in [9.17, 15) is 23.3 Å². The van der Waals surface area contributed by atoms with Crippen LogP contribution < -0.4 is 0 Å². The van der Waals surface area contributed by atoms with Crippen LogP contribution in [0.3, 0.4) is 0 Å². The number of piperidine rings is 1. The lowest BCUT2D eigenvalue weighted by atomic mass is 9.99. The minimum atomic E-state index is -3.69. The van der Waals surface area contributed by atoms with Crippen LogP contribution >= 0.6 is 0 Å². The lowest BCUT2D eigenvalue weighted by molar-refractivity contribution is -0.384. The molecule has 158 valence electrons. The van der Waals surface area contributed by atoms with Crippen LogP contribution in [0.25, 0.3) is 11.0 Å². The number of carbonyl (C=O) groups is 1. The van der Waals surface area contributed by atoms with E-state index in [2.05, 4.69) is 9.97 Å². The van der Waals surface area contributed by atoms with Crippen LogP contribution in [0.2, 0.25) is 0 Å². The van der Waals surface area contributed by atoms with Gasteiger partial charge in [0, 0.05) is 25.2 Å². The van der Waals surface area contributed by atoms with Gasteiger partial charge in [-0.1, -0.05) is 0 Å². The number of carbonyl (C=O) groups excluding carboxylic acids is 1. The summed E-state index contributed by atoms with van der Waals surface area (Å²) in [5.41, 5.74) is -0.0563. The van der Waals surface area contributed by atoms with Gasteiger partial charge in [0.05, 0.1) is 21.7 Å². The van der Waals surface area contributed by atoms with Crippen molar-refractivity contribution < 1.29 is 22.9 Å². The Balaban J connectivity index is 1.65. The summed E-state index contributed by atoms with van der Waals surface area (Å²) < 4.78 is 30.9. The molecule has 1 N–H and O–H groups in total. The summed E-state index contributed by atoms with van der Waals surface area (Å²) in [6, 6.07) is 3.97. The third kappa shape index (κ3) is 5.03. The molecule has 1 aromatic heterocycles. The zero-order valence-corrected chi connectivity index (χ0v) is 17.4. The molecule has 0 bridgehead atoms. The lowest BCUT2D eigenvalue weighted by Gasteiger charge is -2.33. The number of non-ortho nitro benzene ring substituents is 1. The lowest BCUT2D eigenvalue weighted by Crippen LogP contribution is -2.42. The van der Waals surface area contributed by atoms with Crippen LogP contribution in [0, 0.1) is 16.0 Å². The van der Waals surface area contributed by atoms with Crippen molar-refractivity contribution in [3.63, 3.8) is 0 Å². The molecule has 1 aliphatic rings. The van der Waals surface area contributed by atoms with Crippen molar-refractivity contribution in [1.82, 2.24) is 14.9 Å². The third-order valence-corrected chi connectivity index (χ3v) is 6.36. The van der Waals surface area contributed by atoms with E-state index in [4.69, 9.17) is 4.74 Å². The minimum absolute atomic E-state index is 0.100. The van der Waals surface area contributed by atoms with E-state index in [1.54, 1.807) is 25.7 Å². The van der Waals surface area contributed by atoms with Gasteiger partial charge in [-0.2, -0.15) is 0 Å². The first-order valence-corrected chi connectivity index (χ1v) is 10.9. The molecule has 0 aliphatic carbocycles. The second-order valence-electron chi connectivity index (χ2n) is 8.19. The van der Waals surface area contributed by atoms with Gasteiger partial charge in [-0.05, 0) is 45.6 Å². The second kappa shape index (κ2) is 7.62. The van der Waals surface area contributed by atoms with E-state index in [1.807, 2.05) is 0 Å². The number of aromatic amines is 1. The zero-order valence-electron chi connectivity index (χ0n) is 16.5. The van der Waals surface area contributed by atoms with Crippen LogP contribution in [-0.4, -0.2) is 58.7 Å². The number of rotatable bonds is 4. The van der Waals surface area contributed by atoms with E-state index in [0.29, 0.717) is 37.0 Å². The topological polar surface area (TPSA) is 136 Å². The number of nitro benzene ring substituents is 1. The molecule has 0 unspecified atom stereocenters. The van der Waals surface area contributed by atoms with Gasteiger partial charge in [0.25, 0.3) is 5.69 Å². The van der Waals surface area contributed by atoms with Crippen molar-refractivity contribution >= 4 is 32.7 Å². The summed E-state index contributed by atoms with van der Waals surface area (Å²) in [6.45, 7) is 6.26. The normalized spacial score (nSPS) is 16.2. The Morgan fingerprint density at radius 2 is 2.00 bits per heavy atom. The molecule has 0 atom stereocenters. The number of imidazole rings is 1. The van der Waals surface area contributed by atoms with Gasteiger partial charge in [0.2, 0.25) is 15.0 Å². The molecule has 2 aromatic rings. The average molecular weight is 424 g/mol. The molecular weight excluding hydrogens is 400 g/mol. The predicted octanol–water partition coefficient (Wildman–Crippen LogP) is 2.89. The summed E-state index contributed by atoms with van der Waals surface area (Å²) in [4.78, 5) is 30.8. The number of sulfone groups is 1. The summed E-state index contributed by atoms with van der Waals surface area (Å²) >= 11 is 0. The monoisotopic (exact) mass is 424 g/mol. The molecule has 1 amide bonds. The van der Waals surface area contributed by atoms with Crippen molar-refractivity contribution in [1.29, 1.82) is 0 Å². The first-order valence-electron chi connectivity index (χ1n) is 9.29. The highest BCUT2D eigenvalue weighted by Crippen LogP contribution is 2.25. The van der Waals surface area contributed by atoms with Crippen LogP contribution in [0.1, 0.15) is 33.6 Å². The fraction of sp³-hybridized carbons (Fsp3) is 0.556. The Bertz CT molecular complexity index is 1030. The molecule has 2 heterocycles. The Labute approximate surface area is 168 Å². The maximum absolute atomic E-state index is 12.8. The highest BCUT2D eigenvalue weighted by atomic mass is 32.2. The first-order chi connectivity index (χ1) is 13.4. The number of ether oxygens (including phenoxy) is 1. The summed E-state index contributed by atoms with van der Waals surface area (Å²) in [6.07, 6.45) is 0.701. The fourth-order valence-electron chi connectivity index (χ4n) is 3.23. The second-order valence-corrected chi connectivity index (χ2v) is 10.1. The number of nitrogens with one attached hydrogen (secondary N) is 1. The number of hydrogen-bond donors (Lipinski definition) is 1. The number of likely N-dealkylation sites (tertiary alicyclic amines) is 1. The Kier molecular flexibility index (Phi) is 5.52. The first kappa shape index (κ1) is 21.0. The van der Waals surface area contributed by atoms with Gasteiger partial charge in [-0.25, -0.2) is 18.2 Å². The molecule has 1 saturated heterocycles. The number of H-pyrrole nitrogens is 1. The highest BCUT2D eigenvalue weighted by molar-refractivity contribution is 7.91. The number of aromatic nitrogens is 2. The van der Waals surface area contributed by atoms with Crippen LogP contribution in [-0.2, 0) is 14.6 Å². The number of nitro groups is 1. The molecule has 1 aliphatic heterocycles. The molecule has 11 heteroatoms. The van der Waals surface area contributed by atoms with Crippen molar-refractivity contribution in [3.05, 3.63) is 28.3 Å². The summed E-state index contributed by atoms with van der Waals surface area (Å²) in [5.74, 6) is -0.210. The standard InChI is InChI=1S/C18H24N4O6S/c1-18(2,3)28-17(23)21-8-6-12(7-9-21)11-29(26,27)16-19-14-5-4-13(22(24)25)10-15(14)20-16/h4-5,10,12H,6-9,11H2,1-3H3,(H,19,20). The van der Waals surface area contributed by atoms with E-state index in [-0.39, 0.29) is 22.5 Å². The molecule has 0 spiro atoms. The molecule has 0 saturated carbocycles. The number of nitrogens with zero attached hydrogens (tertiary/aromatic N) is 3. The van der Waals surface area contributed by atoms with Crippen molar-refractivity contribution in [2.24, 2.45) is 5.92 Å². The highest BCUT2D eigenvalue weighted by Gasteiger charge is 2.31. The number of fused-ring (bicyclic) bond motifs is 1. The van der Waals surface area contributed by atoms with Crippen molar-refractivity contribution in [2.45, 2.75) is 44.4 Å². The van der Waals surface area contributed by atoms with Gasteiger partial charge in [-0.3, -0.25) is 10.1 Å². The molecule has 3 rings (SSSR count). The maximum atomic E-state index is 12.8. The van der Waals surface area contributed by atoms with E-state index < -0.39 is 26.5 Å². The minimum Gasteiger partial charge on any atom is -0.444 e. The molecular formula is C18H24N4O6S. The SMILES string of the molecule is CC(C)(C)OC(=O)N1CCC(CS(=O)(=O)c2nc3ccc([N+](=O)[O-])cc3[nH]2)CC1. The van der Waals surface area contributed by atoms with Gasteiger partial charge < -0.3 is 14.6 Å². The zero-order chi connectivity index (χ0) is 21.4. The summed E-state index contributed by atoms with van der Waals surface area (Å²) in [5, 5.41) is 10.7. The third-order valence-electron chi connectivity index (χ3n) is 4.67. The fourth-order valence-corrected chi connectivity index (χ4v) is 4.85. The number of benzene rings is 1. The quantitative estimate of drug-likeness (QED) is 0.589. The van der Waals surface area contributed by atoms with E-state index in [0.717, 1.165) is 0 Å². The van der Waals surface area contributed by atoms with Crippen LogP contribution in [0.5, 0.6) is 0 Å². The molecule has 0 radical (unpaired) electrons. The average Bonchev–Trinajstić information content (AvgIpc) is 3.04. The van der Waals surface area contributed by atoms with Crippen LogP contribution in [0.4, 0.5) is 10.5 Å². The molecule has 1 fully saturated rings. The Morgan fingerprint density at radius 1 is 1.34 bits per heavy atom. The Hall–Kier alpha value is -2.69. The molecule has 10 nitrogen and oxygen atoms in total. The van der Waals surface area contributed by atoms with Crippen LogP contribution in [0.15, 0.2) is 23.4 Å². The van der Waals surface area contributed by atoms with Gasteiger partial charge in [-0.15, -0.1) is 0 Å².